The van der Waals surface area contributed by atoms with Gasteiger partial charge in [0, 0.05) is 6.20 Å². The van der Waals surface area contributed by atoms with Crippen LogP contribution in [0.15, 0.2) is 45.1 Å². The molecule has 0 aromatic carbocycles. The molecule has 0 atom stereocenters. The maximum atomic E-state index is 12.3. The van der Waals surface area contributed by atoms with Crippen molar-refractivity contribution in [3.63, 3.8) is 0 Å². The maximum absolute atomic E-state index is 12.3. The van der Waals surface area contributed by atoms with Gasteiger partial charge < -0.3 is 0 Å². The number of halogens is 3. The number of hydrogen-bond acceptors (Lipinski definition) is 3. The average molecular weight is 261 g/mol. The second-order valence-electron chi connectivity index (χ2n) is 2.92. The van der Waals surface area contributed by atoms with Crippen molar-refractivity contribution < 1.29 is 13.2 Å². The van der Waals surface area contributed by atoms with Gasteiger partial charge in [-0.25, -0.2) is 4.98 Å². The monoisotopic (exact) mass is 261 g/mol. The molecule has 2 aromatic heterocycles. The molecule has 2 rings (SSSR count). The topological polar surface area (TPSA) is 12.9 Å². The third-order valence-corrected chi connectivity index (χ3v) is 3.75. The number of alkyl halides is 3. The molecular weight excluding hydrogens is 255 g/mol. The van der Waals surface area contributed by atoms with E-state index in [2.05, 4.69) is 4.98 Å². The number of thiophene rings is 1. The molecule has 1 nitrogen and oxygen atoms in total. The van der Waals surface area contributed by atoms with Crippen molar-refractivity contribution >= 4 is 23.1 Å². The molecule has 2 heterocycles. The van der Waals surface area contributed by atoms with Crippen molar-refractivity contribution in [2.75, 3.05) is 0 Å². The Kier molecular flexibility index (Phi) is 3.20. The lowest BCUT2D eigenvalue weighted by atomic mass is 10.3. The zero-order valence-electron chi connectivity index (χ0n) is 7.86. The molecule has 0 N–H and O–H groups in total. The maximum Gasteiger partial charge on any atom is 0.417 e. The highest BCUT2D eigenvalue weighted by Crippen LogP contribution is 2.32. The highest BCUT2D eigenvalue weighted by molar-refractivity contribution is 8.01. The highest BCUT2D eigenvalue weighted by atomic mass is 32.2. The van der Waals surface area contributed by atoms with E-state index in [1.807, 2.05) is 17.5 Å². The quantitative estimate of drug-likeness (QED) is 0.798. The first-order valence-electron chi connectivity index (χ1n) is 4.30. The Bertz CT molecular complexity index is 448. The van der Waals surface area contributed by atoms with Crippen LogP contribution in [0.5, 0.6) is 0 Å². The molecule has 2 aromatic rings. The molecule has 0 unspecified atom stereocenters. The van der Waals surface area contributed by atoms with Gasteiger partial charge in [0.25, 0.3) is 0 Å². The lowest BCUT2D eigenvalue weighted by molar-refractivity contribution is -0.137. The summed E-state index contributed by atoms with van der Waals surface area (Å²) in [5.41, 5.74) is -0.719. The van der Waals surface area contributed by atoms with E-state index >= 15 is 0 Å². The van der Waals surface area contributed by atoms with Crippen molar-refractivity contribution in [3.05, 3.63) is 41.4 Å². The zero-order valence-corrected chi connectivity index (χ0v) is 9.49. The minimum Gasteiger partial charge on any atom is -0.249 e. The molecule has 0 aliphatic heterocycles. The van der Waals surface area contributed by atoms with Gasteiger partial charge >= 0.3 is 6.18 Å². The van der Waals surface area contributed by atoms with Gasteiger partial charge in [-0.05, 0) is 23.6 Å². The van der Waals surface area contributed by atoms with E-state index in [1.165, 1.54) is 29.2 Å². The molecule has 0 spiro atoms. The molecule has 0 fully saturated rings. The smallest absolute Gasteiger partial charge is 0.249 e. The van der Waals surface area contributed by atoms with E-state index in [1.54, 1.807) is 0 Å². The summed E-state index contributed by atoms with van der Waals surface area (Å²) in [4.78, 5) is 3.77. The number of rotatable bonds is 2. The van der Waals surface area contributed by atoms with Crippen molar-refractivity contribution in [3.8, 4) is 0 Å². The van der Waals surface area contributed by atoms with E-state index in [4.69, 9.17) is 0 Å². The van der Waals surface area contributed by atoms with Crippen LogP contribution in [0, 0.1) is 0 Å². The molecule has 0 aliphatic rings. The lowest BCUT2D eigenvalue weighted by Crippen LogP contribution is -2.04. The molecular formula is C10H6F3NS2. The second-order valence-corrected chi connectivity index (χ2v) is 5.19. The van der Waals surface area contributed by atoms with Crippen LogP contribution in [0.4, 0.5) is 13.2 Å². The predicted octanol–water partition coefficient (Wildman–Crippen LogP) is 4.31. The molecule has 0 aliphatic carbocycles. The fraction of sp³-hybridized carbons (Fsp3) is 0.100. The summed E-state index contributed by atoms with van der Waals surface area (Å²) >= 11 is 2.88. The Balaban J connectivity index is 2.14. The molecule has 0 amide bonds. The van der Waals surface area contributed by atoms with Crippen molar-refractivity contribution in [2.24, 2.45) is 0 Å². The van der Waals surface area contributed by atoms with E-state index in [0.29, 0.717) is 5.03 Å². The van der Waals surface area contributed by atoms with Gasteiger partial charge in [0.2, 0.25) is 0 Å². The van der Waals surface area contributed by atoms with Gasteiger partial charge in [0.1, 0.15) is 5.03 Å². The summed E-state index contributed by atoms with van der Waals surface area (Å²) in [5, 5.41) is 2.47. The SMILES string of the molecule is FC(F)(F)c1ccc(Sc2cccs2)nc1. The Morgan fingerprint density at radius 3 is 2.50 bits per heavy atom. The number of hydrogen-bond donors (Lipinski definition) is 0. The van der Waals surface area contributed by atoms with Crippen LogP contribution in [0.3, 0.4) is 0 Å². The van der Waals surface area contributed by atoms with Crippen molar-refractivity contribution in [2.45, 2.75) is 15.4 Å². The van der Waals surface area contributed by atoms with E-state index in [9.17, 15) is 13.2 Å². The van der Waals surface area contributed by atoms with E-state index < -0.39 is 11.7 Å². The first-order chi connectivity index (χ1) is 7.55. The van der Waals surface area contributed by atoms with Gasteiger partial charge in [-0.1, -0.05) is 17.8 Å². The Labute approximate surface area is 98.3 Å². The normalized spacial score (nSPS) is 11.7. The molecule has 16 heavy (non-hydrogen) atoms. The van der Waals surface area contributed by atoms with Crippen molar-refractivity contribution in [1.82, 2.24) is 4.98 Å². The van der Waals surface area contributed by atoms with Crippen LogP contribution in [-0.2, 0) is 6.18 Å². The van der Waals surface area contributed by atoms with Crippen LogP contribution in [0.1, 0.15) is 5.56 Å². The number of pyridine rings is 1. The van der Waals surface area contributed by atoms with Crippen LogP contribution in [-0.4, -0.2) is 4.98 Å². The minimum atomic E-state index is -4.32. The Morgan fingerprint density at radius 2 is 2.00 bits per heavy atom. The zero-order chi connectivity index (χ0) is 11.6. The van der Waals surface area contributed by atoms with Gasteiger partial charge in [0.15, 0.2) is 0 Å². The van der Waals surface area contributed by atoms with Gasteiger partial charge in [0.05, 0.1) is 9.77 Å². The number of aromatic nitrogens is 1. The molecule has 84 valence electrons. The van der Waals surface area contributed by atoms with E-state index in [-0.39, 0.29) is 0 Å². The first kappa shape index (κ1) is 11.5. The Hall–Kier alpha value is -1.01. The second kappa shape index (κ2) is 4.47. The lowest BCUT2D eigenvalue weighted by Gasteiger charge is -2.05. The average Bonchev–Trinajstić information content (AvgIpc) is 2.70. The molecule has 0 saturated heterocycles. The van der Waals surface area contributed by atoms with Gasteiger partial charge in [-0.2, -0.15) is 13.2 Å². The highest BCUT2D eigenvalue weighted by Gasteiger charge is 2.30. The Morgan fingerprint density at radius 1 is 1.19 bits per heavy atom. The van der Waals surface area contributed by atoms with Gasteiger partial charge in [-0.3, -0.25) is 0 Å². The standard InChI is InChI=1S/C10H6F3NS2/c11-10(12,13)7-3-4-8(14-6-7)16-9-2-1-5-15-9/h1-6H. The van der Waals surface area contributed by atoms with Crippen LogP contribution >= 0.6 is 23.1 Å². The third-order valence-electron chi connectivity index (χ3n) is 1.76. The number of nitrogens with zero attached hydrogens (tertiary/aromatic N) is 1. The van der Waals surface area contributed by atoms with Crippen LogP contribution in [0.25, 0.3) is 0 Å². The summed E-state index contributed by atoms with van der Waals surface area (Å²) in [5.74, 6) is 0. The first-order valence-corrected chi connectivity index (χ1v) is 6.00. The fourth-order valence-electron chi connectivity index (χ4n) is 1.03. The van der Waals surface area contributed by atoms with Crippen LogP contribution in [0.2, 0.25) is 0 Å². The molecule has 0 saturated carbocycles. The fourth-order valence-corrected chi connectivity index (χ4v) is 2.69. The third kappa shape index (κ3) is 2.76. The summed E-state index contributed by atoms with van der Waals surface area (Å²) in [7, 11) is 0. The molecule has 0 radical (unpaired) electrons. The minimum absolute atomic E-state index is 0.565. The summed E-state index contributed by atoms with van der Waals surface area (Å²) in [6, 6.07) is 6.21. The molecule has 0 bridgehead atoms. The largest absolute Gasteiger partial charge is 0.417 e. The summed E-state index contributed by atoms with van der Waals surface area (Å²) in [6.45, 7) is 0. The van der Waals surface area contributed by atoms with Gasteiger partial charge in [-0.15, -0.1) is 11.3 Å². The summed E-state index contributed by atoms with van der Waals surface area (Å²) in [6.07, 6.45) is -3.46. The predicted molar refractivity (Wildman–Crippen MR) is 57.7 cm³/mol. The van der Waals surface area contributed by atoms with E-state index in [0.717, 1.165) is 16.5 Å². The van der Waals surface area contributed by atoms with Crippen LogP contribution < -0.4 is 0 Å². The van der Waals surface area contributed by atoms with Crippen molar-refractivity contribution in [1.29, 1.82) is 0 Å². The summed E-state index contributed by atoms with van der Waals surface area (Å²) < 4.78 is 37.8. The molecule has 6 heteroatoms.